The molecule has 3 heterocycles. The molecule has 1 aromatic rings. The molecule has 1 unspecified atom stereocenters. The second kappa shape index (κ2) is 5.70. The number of aryl methyl sites for hydroxylation is 1. The Hall–Kier alpha value is -1.13. The van der Waals surface area contributed by atoms with Crippen molar-refractivity contribution in [1.82, 2.24) is 9.88 Å². The molecule has 0 aromatic carbocycles. The van der Waals surface area contributed by atoms with E-state index in [0.717, 1.165) is 56.9 Å². The van der Waals surface area contributed by atoms with Gasteiger partial charge in [-0.1, -0.05) is 0 Å². The molecule has 0 radical (unpaired) electrons. The number of aromatic nitrogens is 1. The minimum atomic E-state index is -0.562. The van der Waals surface area contributed by atoms with Crippen LogP contribution in [0.15, 0.2) is 18.3 Å². The van der Waals surface area contributed by atoms with Crippen molar-refractivity contribution in [3.8, 4) is 0 Å². The van der Waals surface area contributed by atoms with Gasteiger partial charge < -0.3 is 14.9 Å². The molecule has 1 N–H and O–H groups in total. The number of nitrogens with zero attached hydrogens (tertiary/aromatic N) is 3. The van der Waals surface area contributed by atoms with Gasteiger partial charge in [0, 0.05) is 25.3 Å². The maximum atomic E-state index is 10.9. The predicted molar refractivity (Wildman–Crippen MR) is 81.0 cm³/mol. The molecule has 0 aliphatic carbocycles. The molecule has 1 atom stereocenters. The highest BCUT2D eigenvalue weighted by molar-refractivity contribution is 5.45. The van der Waals surface area contributed by atoms with Crippen molar-refractivity contribution >= 4 is 5.69 Å². The maximum absolute atomic E-state index is 10.9. The Bertz CT molecular complexity index is 442. The third kappa shape index (κ3) is 3.13. The number of β-amino-alcohol motifs (C(OH)–C–C–N with tert-alkyl or cyclic N) is 1. The summed E-state index contributed by atoms with van der Waals surface area (Å²) in [5, 5.41) is 10.9. The van der Waals surface area contributed by atoms with Crippen LogP contribution in [0, 0.1) is 6.92 Å². The fourth-order valence-corrected chi connectivity index (χ4v) is 3.47. The molecule has 0 amide bonds. The van der Waals surface area contributed by atoms with Crippen LogP contribution in [-0.2, 0) is 0 Å². The Balaban J connectivity index is 1.67. The number of anilines is 1. The number of likely N-dealkylation sites (tertiary alicyclic amines) is 1. The van der Waals surface area contributed by atoms with Crippen molar-refractivity contribution < 1.29 is 5.11 Å². The Labute approximate surface area is 121 Å². The molecule has 2 saturated heterocycles. The van der Waals surface area contributed by atoms with Crippen LogP contribution >= 0.6 is 0 Å². The van der Waals surface area contributed by atoms with Gasteiger partial charge in [-0.2, -0.15) is 0 Å². The van der Waals surface area contributed by atoms with Crippen LogP contribution in [0.1, 0.15) is 31.4 Å². The van der Waals surface area contributed by atoms with Gasteiger partial charge in [0.15, 0.2) is 0 Å². The van der Waals surface area contributed by atoms with Crippen molar-refractivity contribution in [3.05, 3.63) is 24.0 Å². The second-order valence-corrected chi connectivity index (χ2v) is 6.39. The topological polar surface area (TPSA) is 39.6 Å². The van der Waals surface area contributed by atoms with E-state index < -0.39 is 5.60 Å². The van der Waals surface area contributed by atoms with Gasteiger partial charge in [-0.3, -0.25) is 4.98 Å². The molecule has 3 rings (SSSR count). The van der Waals surface area contributed by atoms with Crippen LogP contribution in [0.5, 0.6) is 0 Å². The van der Waals surface area contributed by atoms with Gasteiger partial charge in [-0.15, -0.1) is 0 Å². The largest absolute Gasteiger partial charge is 0.387 e. The van der Waals surface area contributed by atoms with Gasteiger partial charge >= 0.3 is 0 Å². The van der Waals surface area contributed by atoms with Gasteiger partial charge in [-0.05, 0) is 57.8 Å². The fraction of sp³-hybridized carbons (Fsp3) is 0.688. The van der Waals surface area contributed by atoms with Crippen LogP contribution < -0.4 is 4.90 Å². The number of hydrogen-bond donors (Lipinski definition) is 1. The highest BCUT2D eigenvalue weighted by Crippen LogP contribution is 2.27. The standard InChI is InChI=1S/C16H25N3O/c1-14-5-6-15(11-17-14)19-10-4-7-16(20,13-19)12-18-8-2-3-9-18/h5-6,11,20H,2-4,7-10,12-13H2,1H3. The molecule has 4 nitrogen and oxygen atoms in total. The lowest BCUT2D eigenvalue weighted by Gasteiger charge is -2.42. The van der Waals surface area contributed by atoms with Gasteiger partial charge in [0.05, 0.1) is 17.5 Å². The molecular weight excluding hydrogens is 250 g/mol. The zero-order chi connectivity index (χ0) is 14.0. The summed E-state index contributed by atoms with van der Waals surface area (Å²) in [6.45, 7) is 6.87. The second-order valence-electron chi connectivity index (χ2n) is 6.39. The predicted octanol–water partition coefficient (Wildman–Crippen LogP) is 1.82. The van der Waals surface area contributed by atoms with Crippen molar-refractivity contribution in [3.63, 3.8) is 0 Å². The SMILES string of the molecule is Cc1ccc(N2CCCC(O)(CN3CCCC3)C2)cn1. The molecule has 2 aliphatic rings. The minimum Gasteiger partial charge on any atom is -0.387 e. The molecule has 2 fully saturated rings. The molecule has 20 heavy (non-hydrogen) atoms. The first kappa shape index (κ1) is 13.8. The Morgan fingerprint density at radius 2 is 2.00 bits per heavy atom. The average Bonchev–Trinajstić information content (AvgIpc) is 2.91. The van der Waals surface area contributed by atoms with Crippen LogP contribution in [-0.4, -0.2) is 53.3 Å². The van der Waals surface area contributed by atoms with Crippen molar-refractivity contribution in [1.29, 1.82) is 0 Å². The summed E-state index contributed by atoms with van der Waals surface area (Å²) in [5.41, 5.74) is 1.61. The van der Waals surface area contributed by atoms with E-state index in [9.17, 15) is 5.11 Å². The quantitative estimate of drug-likeness (QED) is 0.913. The lowest BCUT2D eigenvalue weighted by Crippen LogP contribution is -2.54. The zero-order valence-electron chi connectivity index (χ0n) is 12.4. The lowest BCUT2D eigenvalue weighted by atomic mass is 9.92. The van der Waals surface area contributed by atoms with Crippen LogP contribution in [0.2, 0.25) is 0 Å². The Morgan fingerprint density at radius 3 is 2.70 bits per heavy atom. The van der Waals surface area contributed by atoms with E-state index in [4.69, 9.17) is 0 Å². The van der Waals surface area contributed by atoms with Crippen molar-refractivity contribution in [2.24, 2.45) is 0 Å². The lowest BCUT2D eigenvalue weighted by molar-refractivity contribution is -0.00221. The van der Waals surface area contributed by atoms with E-state index in [1.807, 2.05) is 19.2 Å². The van der Waals surface area contributed by atoms with E-state index in [1.165, 1.54) is 12.8 Å². The van der Waals surface area contributed by atoms with E-state index in [1.54, 1.807) is 0 Å². The summed E-state index contributed by atoms with van der Waals surface area (Å²) in [6.07, 6.45) is 6.46. The zero-order valence-corrected chi connectivity index (χ0v) is 12.4. The monoisotopic (exact) mass is 275 g/mol. The third-order valence-corrected chi connectivity index (χ3v) is 4.53. The number of pyridine rings is 1. The summed E-state index contributed by atoms with van der Waals surface area (Å²) in [6, 6.07) is 4.16. The molecular formula is C16H25N3O. The molecule has 0 saturated carbocycles. The van der Waals surface area contributed by atoms with E-state index in [2.05, 4.69) is 20.9 Å². The normalized spacial score (nSPS) is 28.0. The van der Waals surface area contributed by atoms with Crippen LogP contribution in [0.25, 0.3) is 0 Å². The van der Waals surface area contributed by atoms with Crippen LogP contribution in [0.4, 0.5) is 5.69 Å². The molecule has 110 valence electrons. The summed E-state index contributed by atoms with van der Waals surface area (Å²) in [7, 11) is 0. The number of piperidine rings is 1. The van der Waals surface area contributed by atoms with Crippen LogP contribution in [0.3, 0.4) is 0 Å². The first-order valence-corrected chi connectivity index (χ1v) is 7.77. The van der Waals surface area contributed by atoms with Crippen molar-refractivity contribution in [2.75, 3.05) is 37.6 Å². The first-order chi connectivity index (χ1) is 9.65. The van der Waals surface area contributed by atoms with E-state index in [-0.39, 0.29) is 0 Å². The Kier molecular flexibility index (Phi) is 3.94. The first-order valence-electron chi connectivity index (χ1n) is 7.77. The molecule has 0 spiro atoms. The molecule has 0 bridgehead atoms. The van der Waals surface area contributed by atoms with Gasteiger partial charge in [0.25, 0.3) is 0 Å². The summed E-state index contributed by atoms with van der Waals surface area (Å²) in [5.74, 6) is 0. The van der Waals surface area contributed by atoms with Crippen molar-refractivity contribution in [2.45, 2.75) is 38.2 Å². The number of rotatable bonds is 3. The summed E-state index contributed by atoms with van der Waals surface area (Å²) < 4.78 is 0. The van der Waals surface area contributed by atoms with Gasteiger partial charge in [0.1, 0.15) is 0 Å². The number of hydrogen-bond acceptors (Lipinski definition) is 4. The third-order valence-electron chi connectivity index (χ3n) is 4.53. The molecule has 2 aliphatic heterocycles. The summed E-state index contributed by atoms with van der Waals surface area (Å²) in [4.78, 5) is 9.07. The van der Waals surface area contributed by atoms with Gasteiger partial charge in [-0.25, -0.2) is 0 Å². The smallest absolute Gasteiger partial charge is 0.0948 e. The highest BCUT2D eigenvalue weighted by Gasteiger charge is 2.35. The van der Waals surface area contributed by atoms with E-state index in [0.29, 0.717) is 0 Å². The highest BCUT2D eigenvalue weighted by atomic mass is 16.3. The number of aliphatic hydroxyl groups is 1. The Morgan fingerprint density at radius 1 is 1.20 bits per heavy atom. The molecule has 4 heteroatoms. The summed E-state index contributed by atoms with van der Waals surface area (Å²) >= 11 is 0. The minimum absolute atomic E-state index is 0.562. The molecule has 1 aromatic heterocycles. The van der Waals surface area contributed by atoms with Gasteiger partial charge in [0.2, 0.25) is 0 Å². The average molecular weight is 275 g/mol. The maximum Gasteiger partial charge on any atom is 0.0948 e. The van der Waals surface area contributed by atoms with E-state index >= 15 is 0 Å². The fourth-order valence-electron chi connectivity index (χ4n) is 3.47.